The van der Waals surface area contributed by atoms with E-state index in [1.807, 2.05) is 6.08 Å². The van der Waals surface area contributed by atoms with Crippen molar-refractivity contribution in [2.75, 3.05) is 0 Å². The number of aromatic nitrogens is 1. The van der Waals surface area contributed by atoms with E-state index in [1.54, 1.807) is 18.3 Å². The molecule has 25 heavy (non-hydrogen) atoms. The number of rotatable bonds is 3. The van der Waals surface area contributed by atoms with Gasteiger partial charge in [0.15, 0.2) is 5.76 Å². The van der Waals surface area contributed by atoms with Crippen LogP contribution in [0.5, 0.6) is 0 Å². The highest BCUT2D eigenvalue weighted by atomic mass is 19.1. The Balaban J connectivity index is 2.21. The van der Waals surface area contributed by atoms with Crippen molar-refractivity contribution in [1.82, 2.24) is 5.16 Å². The van der Waals surface area contributed by atoms with Gasteiger partial charge in [-0.05, 0) is 64.5 Å². The molecule has 3 heteroatoms. The maximum atomic E-state index is 15.1. The lowest BCUT2D eigenvalue weighted by molar-refractivity contribution is 0.330. The summed E-state index contributed by atoms with van der Waals surface area (Å²) < 4.78 is 20.3. The lowest BCUT2D eigenvalue weighted by Gasteiger charge is -2.42. The normalized spacial score (nSPS) is 19.1. The summed E-state index contributed by atoms with van der Waals surface area (Å²) in [5, 5.41) is 3.75. The quantitative estimate of drug-likeness (QED) is 0.649. The maximum absolute atomic E-state index is 15.1. The maximum Gasteiger partial charge on any atom is 0.159 e. The fraction of sp³-hybridized carbons (Fsp3) is 0.500. The van der Waals surface area contributed by atoms with Gasteiger partial charge in [-0.3, -0.25) is 0 Å². The molecule has 134 valence electrons. The van der Waals surface area contributed by atoms with E-state index >= 15 is 4.39 Å². The van der Waals surface area contributed by atoms with Crippen LogP contribution in [0.25, 0.3) is 11.6 Å². The molecule has 0 atom stereocenters. The summed E-state index contributed by atoms with van der Waals surface area (Å²) >= 11 is 0. The third kappa shape index (κ3) is 3.29. The van der Waals surface area contributed by atoms with Crippen LogP contribution in [-0.2, 0) is 10.8 Å². The van der Waals surface area contributed by atoms with Gasteiger partial charge in [0.25, 0.3) is 0 Å². The molecule has 0 N–H and O–H groups in total. The summed E-state index contributed by atoms with van der Waals surface area (Å²) in [4.78, 5) is 0. The van der Waals surface area contributed by atoms with Crippen LogP contribution in [0.15, 0.2) is 28.9 Å². The first-order valence-corrected chi connectivity index (χ1v) is 9.09. The van der Waals surface area contributed by atoms with E-state index in [2.05, 4.69) is 52.8 Å². The fourth-order valence-corrected chi connectivity index (χ4v) is 3.82. The summed E-state index contributed by atoms with van der Waals surface area (Å²) in [6, 6.07) is 5.64. The highest BCUT2D eigenvalue weighted by Gasteiger charge is 2.38. The largest absolute Gasteiger partial charge is 0.357 e. The van der Waals surface area contributed by atoms with Crippen LogP contribution < -0.4 is 0 Å². The van der Waals surface area contributed by atoms with Crippen LogP contribution in [0.4, 0.5) is 4.39 Å². The first-order valence-electron chi connectivity index (χ1n) is 9.09. The third-order valence-corrected chi connectivity index (χ3v) is 5.63. The van der Waals surface area contributed by atoms with Gasteiger partial charge in [-0.15, -0.1) is 0 Å². The van der Waals surface area contributed by atoms with E-state index in [-0.39, 0.29) is 22.6 Å². The zero-order chi connectivity index (χ0) is 18.4. The SMILES string of the molecule is CC(C)C(=Cc1ccno1)c1cc2c(cc1F)C(C)(C)CCC2(C)C. The highest BCUT2D eigenvalue weighted by Crippen LogP contribution is 2.47. The summed E-state index contributed by atoms with van der Waals surface area (Å²) in [6.07, 6.45) is 5.71. The number of nitrogens with zero attached hydrogens (tertiary/aromatic N) is 1. The van der Waals surface area contributed by atoms with Crippen molar-refractivity contribution < 1.29 is 8.91 Å². The minimum absolute atomic E-state index is 0.0108. The van der Waals surface area contributed by atoms with Crippen molar-refractivity contribution >= 4 is 11.6 Å². The molecular weight excluding hydrogens is 313 g/mol. The van der Waals surface area contributed by atoms with Gasteiger partial charge in [0.1, 0.15) is 5.82 Å². The predicted octanol–water partition coefficient (Wildman–Crippen LogP) is 6.36. The standard InChI is InChI=1S/C22H28FNO/c1-14(2)16(11-15-7-10-24-25-15)17-12-18-19(13-20(17)23)22(5,6)9-8-21(18,3)4/h7,10-14H,8-9H2,1-6H3. The topological polar surface area (TPSA) is 26.0 Å². The molecule has 0 saturated carbocycles. The van der Waals surface area contributed by atoms with Gasteiger partial charge in [-0.1, -0.05) is 46.7 Å². The Kier molecular flexibility index (Phi) is 4.38. The first kappa shape index (κ1) is 17.9. The Bertz CT molecular complexity index is 798. The van der Waals surface area contributed by atoms with Crippen molar-refractivity contribution in [3.8, 4) is 0 Å². The van der Waals surface area contributed by atoms with Crippen molar-refractivity contribution in [1.29, 1.82) is 0 Å². The lowest BCUT2D eigenvalue weighted by Crippen LogP contribution is -2.34. The number of hydrogen-bond acceptors (Lipinski definition) is 2. The third-order valence-electron chi connectivity index (χ3n) is 5.63. The number of fused-ring (bicyclic) bond motifs is 1. The Labute approximate surface area is 150 Å². The number of halogens is 1. The summed E-state index contributed by atoms with van der Waals surface area (Å²) in [5.41, 5.74) is 4.10. The molecule has 2 nitrogen and oxygen atoms in total. The minimum Gasteiger partial charge on any atom is -0.357 e. The first-order chi connectivity index (χ1) is 11.6. The van der Waals surface area contributed by atoms with E-state index in [0.717, 1.165) is 24.0 Å². The molecule has 0 fully saturated rings. The molecule has 1 aliphatic rings. The monoisotopic (exact) mass is 341 g/mol. The molecule has 1 aliphatic carbocycles. The van der Waals surface area contributed by atoms with Gasteiger partial charge < -0.3 is 4.52 Å². The van der Waals surface area contributed by atoms with Crippen molar-refractivity contribution in [2.24, 2.45) is 5.92 Å². The number of benzene rings is 1. The molecular formula is C22H28FNO. The average molecular weight is 341 g/mol. The molecule has 2 aromatic rings. The van der Waals surface area contributed by atoms with Gasteiger partial charge >= 0.3 is 0 Å². The molecule has 1 aromatic carbocycles. The van der Waals surface area contributed by atoms with Gasteiger partial charge in [0.05, 0.1) is 6.20 Å². The van der Waals surface area contributed by atoms with E-state index in [1.165, 1.54) is 5.56 Å². The van der Waals surface area contributed by atoms with Crippen LogP contribution in [-0.4, -0.2) is 5.16 Å². The van der Waals surface area contributed by atoms with Crippen molar-refractivity contribution in [3.05, 3.63) is 52.7 Å². The summed E-state index contributed by atoms with van der Waals surface area (Å²) in [7, 11) is 0. The molecule has 0 aliphatic heterocycles. The van der Waals surface area contributed by atoms with Crippen LogP contribution in [0.1, 0.15) is 76.8 Å². The zero-order valence-corrected chi connectivity index (χ0v) is 16.1. The Morgan fingerprint density at radius 1 is 1.12 bits per heavy atom. The molecule has 0 radical (unpaired) electrons. The molecule has 0 unspecified atom stereocenters. The second kappa shape index (κ2) is 6.12. The summed E-state index contributed by atoms with van der Waals surface area (Å²) in [6.45, 7) is 13.1. The number of allylic oxidation sites excluding steroid dienone is 1. The van der Waals surface area contributed by atoms with Crippen molar-refractivity contribution in [2.45, 2.75) is 65.2 Å². The van der Waals surface area contributed by atoms with Crippen LogP contribution >= 0.6 is 0 Å². The number of hydrogen-bond donors (Lipinski definition) is 0. The van der Waals surface area contributed by atoms with E-state index in [0.29, 0.717) is 11.3 Å². The minimum atomic E-state index is -0.149. The molecule has 0 bridgehead atoms. The fourth-order valence-electron chi connectivity index (χ4n) is 3.82. The van der Waals surface area contributed by atoms with Gasteiger partial charge in [0, 0.05) is 11.6 Å². The Hall–Kier alpha value is -1.90. The molecule has 0 saturated heterocycles. The zero-order valence-electron chi connectivity index (χ0n) is 16.1. The van der Waals surface area contributed by atoms with E-state index in [9.17, 15) is 0 Å². The van der Waals surface area contributed by atoms with Crippen molar-refractivity contribution in [3.63, 3.8) is 0 Å². The molecule has 3 rings (SSSR count). The Morgan fingerprint density at radius 2 is 1.72 bits per heavy atom. The lowest BCUT2D eigenvalue weighted by atomic mass is 9.62. The van der Waals surface area contributed by atoms with Gasteiger partial charge in [-0.2, -0.15) is 0 Å². The summed E-state index contributed by atoms with van der Waals surface area (Å²) in [5.74, 6) is 0.682. The van der Waals surface area contributed by atoms with Crippen LogP contribution in [0, 0.1) is 11.7 Å². The average Bonchev–Trinajstić information content (AvgIpc) is 3.02. The Morgan fingerprint density at radius 3 is 2.24 bits per heavy atom. The highest BCUT2D eigenvalue weighted by molar-refractivity contribution is 5.82. The van der Waals surface area contributed by atoms with E-state index < -0.39 is 0 Å². The smallest absolute Gasteiger partial charge is 0.159 e. The second-order valence-electron chi connectivity index (χ2n) is 8.81. The molecule has 0 amide bonds. The van der Waals surface area contributed by atoms with Gasteiger partial charge in [0.2, 0.25) is 0 Å². The predicted molar refractivity (Wildman–Crippen MR) is 101 cm³/mol. The van der Waals surface area contributed by atoms with Crippen LogP contribution in [0.3, 0.4) is 0 Å². The molecule has 1 heterocycles. The van der Waals surface area contributed by atoms with Gasteiger partial charge in [-0.25, -0.2) is 4.39 Å². The second-order valence-corrected chi connectivity index (χ2v) is 8.81. The molecule has 0 spiro atoms. The van der Waals surface area contributed by atoms with E-state index in [4.69, 9.17) is 4.52 Å². The van der Waals surface area contributed by atoms with Crippen LogP contribution in [0.2, 0.25) is 0 Å². The molecule has 1 aromatic heterocycles.